The molecule has 116 valence electrons. The lowest BCUT2D eigenvalue weighted by Crippen LogP contribution is -2.09. The minimum atomic E-state index is -2.75. The lowest BCUT2D eigenvalue weighted by atomic mass is 10.2. The van der Waals surface area contributed by atoms with Crippen LogP contribution in [0.1, 0.15) is 24.7 Å². The first kappa shape index (κ1) is 14.8. The van der Waals surface area contributed by atoms with E-state index in [1.807, 2.05) is 4.57 Å². The standard InChI is InChI=1S/C14H14ClF2N5/c15-11-4-3-10-14(21-11)22(8-1-2-8)13(20-10)7(6-18)5-9(19)12(16)17/h3-6,8,12H,1-2,18-19H2/b7-6+,9-5-. The molecule has 1 aliphatic carbocycles. The summed E-state index contributed by atoms with van der Waals surface area (Å²) in [7, 11) is 0. The van der Waals surface area contributed by atoms with Gasteiger partial charge in [-0.1, -0.05) is 11.6 Å². The number of pyridine rings is 1. The van der Waals surface area contributed by atoms with Gasteiger partial charge in [0, 0.05) is 17.8 Å². The van der Waals surface area contributed by atoms with Crippen molar-refractivity contribution < 1.29 is 8.78 Å². The zero-order valence-electron chi connectivity index (χ0n) is 11.5. The third kappa shape index (κ3) is 2.64. The highest BCUT2D eigenvalue weighted by Gasteiger charge is 2.30. The van der Waals surface area contributed by atoms with Gasteiger partial charge in [0.2, 0.25) is 0 Å². The van der Waals surface area contributed by atoms with E-state index in [-0.39, 0.29) is 6.04 Å². The highest BCUT2D eigenvalue weighted by Crippen LogP contribution is 2.40. The van der Waals surface area contributed by atoms with Crippen molar-refractivity contribution in [3.63, 3.8) is 0 Å². The van der Waals surface area contributed by atoms with Crippen LogP contribution in [0.25, 0.3) is 16.7 Å². The van der Waals surface area contributed by atoms with Gasteiger partial charge in [0.15, 0.2) is 5.65 Å². The third-order valence-electron chi connectivity index (χ3n) is 3.43. The molecule has 0 spiro atoms. The fourth-order valence-electron chi connectivity index (χ4n) is 2.26. The molecule has 0 radical (unpaired) electrons. The normalized spacial score (nSPS) is 16.7. The van der Waals surface area contributed by atoms with E-state index in [4.69, 9.17) is 23.1 Å². The molecule has 0 aromatic carbocycles. The molecule has 22 heavy (non-hydrogen) atoms. The molecule has 2 heterocycles. The maximum Gasteiger partial charge on any atom is 0.277 e. The van der Waals surface area contributed by atoms with Crippen molar-refractivity contribution in [2.75, 3.05) is 0 Å². The fourth-order valence-corrected chi connectivity index (χ4v) is 2.41. The average molecular weight is 326 g/mol. The number of hydrogen-bond acceptors (Lipinski definition) is 4. The topological polar surface area (TPSA) is 82.8 Å². The summed E-state index contributed by atoms with van der Waals surface area (Å²) >= 11 is 5.94. The van der Waals surface area contributed by atoms with Crippen molar-refractivity contribution in [1.29, 1.82) is 0 Å². The van der Waals surface area contributed by atoms with Crippen LogP contribution in [-0.2, 0) is 0 Å². The van der Waals surface area contributed by atoms with Crippen LogP contribution in [0.3, 0.4) is 0 Å². The number of nitrogens with zero attached hydrogens (tertiary/aromatic N) is 3. The molecule has 1 aliphatic rings. The van der Waals surface area contributed by atoms with Crippen LogP contribution in [0, 0.1) is 0 Å². The Hall–Kier alpha value is -2.15. The maximum absolute atomic E-state index is 12.7. The van der Waals surface area contributed by atoms with E-state index in [1.165, 1.54) is 6.20 Å². The smallest absolute Gasteiger partial charge is 0.277 e. The van der Waals surface area contributed by atoms with Gasteiger partial charge in [0.1, 0.15) is 16.5 Å². The second-order valence-electron chi connectivity index (χ2n) is 5.08. The molecule has 1 saturated carbocycles. The SMILES string of the molecule is N/C=C(\C=C(/N)C(F)F)c1nc2ccc(Cl)nc2n1C1CC1. The van der Waals surface area contributed by atoms with E-state index in [9.17, 15) is 8.78 Å². The largest absolute Gasteiger partial charge is 0.404 e. The molecule has 0 bridgehead atoms. The molecule has 2 aromatic heterocycles. The molecule has 5 nitrogen and oxygen atoms in total. The van der Waals surface area contributed by atoms with Gasteiger partial charge < -0.3 is 16.0 Å². The van der Waals surface area contributed by atoms with Gasteiger partial charge in [-0.3, -0.25) is 0 Å². The quantitative estimate of drug-likeness (QED) is 0.669. The number of nitrogens with two attached hydrogens (primary N) is 2. The van der Waals surface area contributed by atoms with Crippen LogP contribution in [0.5, 0.6) is 0 Å². The van der Waals surface area contributed by atoms with Crippen LogP contribution in [0.4, 0.5) is 8.78 Å². The lowest BCUT2D eigenvalue weighted by molar-refractivity contribution is 0.188. The highest BCUT2D eigenvalue weighted by atomic mass is 35.5. The van der Waals surface area contributed by atoms with Gasteiger partial charge in [-0.2, -0.15) is 0 Å². The first-order valence-electron chi connectivity index (χ1n) is 6.73. The van der Waals surface area contributed by atoms with Crippen LogP contribution < -0.4 is 11.5 Å². The van der Waals surface area contributed by atoms with Crippen LogP contribution >= 0.6 is 11.6 Å². The summed E-state index contributed by atoms with van der Waals surface area (Å²) in [5.74, 6) is 0.471. The zero-order chi connectivity index (χ0) is 15.9. The Labute approximate surface area is 130 Å². The van der Waals surface area contributed by atoms with Gasteiger partial charge in [-0.05, 0) is 31.1 Å². The number of aromatic nitrogens is 3. The zero-order valence-corrected chi connectivity index (χ0v) is 12.3. The maximum atomic E-state index is 12.7. The summed E-state index contributed by atoms with van der Waals surface area (Å²) in [6, 6.07) is 3.59. The Morgan fingerprint density at radius 1 is 1.36 bits per heavy atom. The summed E-state index contributed by atoms with van der Waals surface area (Å²) in [5, 5.41) is 0.349. The monoisotopic (exact) mass is 325 g/mol. The molecule has 0 saturated heterocycles. The minimum Gasteiger partial charge on any atom is -0.404 e. The van der Waals surface area contributed by atoms with Crippen molar-refractivity contribution in [2.24, 2.45) is 11.5 Å². The van der Waals surface area contributed by atoms with E-state index < -0.39 is 12.1 Å². The van der Waals surface area contributed by atoms with E-state index in [1.54, 1.807) is 12.1 Å². The molecule has 0 amide bonds. The number of fused-ring (bicyclic) bond motifs is 1. The summed E-state index contributed by atoms with van der Waals surface area (Å²) in [6.45, 7) is 0. The molecule has 4 N–H and O–H groups in total. The molecule has 3 rings (SSSR count). The Balaban J connectivity index is 2.17. The number of halogens is 3. The third-order valence-corrected chi connectivity index (χ3v) is 3.64. The first-order chi connectivity index (χ1) is 10.5. The molecular formula is C14H14ClF2N5. The minimum absolute atomic E-state index is 0.224. The summed E-state index contributed by atoms with van der Waals surface area (Å²) < 4.78 is 27.2. The van der Waals surface area contributed by atoms with Gasteiger partial charge in [0.05, 0.1) is 5.70 Å². The van der Waals surface area contributed by atoms with E-state index in [0.29, 0.717) is 27.7 Å². The van der Waals surface area contributed by atoms with Gasteiger partial charge in [-0.15, -0.1) is 0 Å². The van der Waals surface area contributed by atoms with E-state index in [2.05, 4.69) is 9.97 Å². The van der Waals surface area contributed by atoms with E-state index >= 15 is 0 Å². The lowest BCUT2D eigenvalue weighted by Gasteiger charge is -2.08. The summed E-state index contributed by atoms with van der Waals surface area (Å²) in [6.07, 6.45) is 1.56. The van der Waals surface area contributed by atoms with Crippen molar-refractivity contribution in [1.82, 2.24) is 14.5 Å². The Morgan fingerprint density at radius 3 is 2.68 bits per heavy atom. The molecule has 0 unspecified atom stereocenters. The van der Waals surface area contributed by atoms with Crippen molar-refractivity contribution in [3.05, 3.63) is 41.1 Å². The number of imidazole rings is 1. The van der Waals surface area contributed by atoms with Gasteiger partial charge >= 0.3 is 0 Å². The van der Waals surface area contributed by atoms with Crippen LogP contribution in [0.15, 0.2) is 30.1 Å². The van der Waals surface area contributed by atoms with Crippen LogP contribution in [0.2, 0.25) is 5.15 Å². The van der Waals surface area contributed by atoms with Gasteiger partial charge in [-0.25, -0.2) is 18.7 Å². The summed E-state index contributed by atoms with van der Waals surface area (Å²) in [4.78, 5) is 8.73. The van der Waals surface area contributed by atoms with E-state index in [0.717, 1.165) is 18.9 Å². The van der Waals surface area contributed by atoms with Crippen molar-refractivity contribution in [2.45, 2.75) is 25.3 Å². The molecular weight excluding hydrogens is 312 g/mol. The van der Waals surface area contributed by atoms with Gasteiger partial charge in [0.25, 0.3) is 6.43 Å². The molecule has 1 fully saturated rings. The molecule has 8 heteroatoms. The highest BCUT2D eigenvalue weighted by molar-refractivity contribution is 6.29. The van der Waals surface area contributed by atoms with Crippen molar-refractivity contribution >= 4 is 28.3 Å². The average Bonchev–Trinajstić information content (AvgIpc) is 3.25. The molecule has 0 aliphatic heterocycles. The summed E-state index contributed by atoms with van der Waals surface area (Å²) in [5.41, 5.74) is 11.9. The molecule has 2 aromatic rings. The second-order valence-corrected chi connectivity index (χ2v) is 5.47. The number of alkyl halides is 2. The Bertz CT molecular complexity index is 777. The number of allylic oxidation sites excluding steroid dienone is 3. The first-order valence-corrected chi connectivity index (χ1v) is 7.11. The Morgan fingerprint density at radius 2 is 2.09 bits per heavy atom. The predicted octanol–water partition coefficient (Wildman–Crippen LogP) is 2.83. The molecule has 0 atom stereocenters. The number of rotatable bonds is 4. The fraction of sp³-hybridized carbons (Fsp3) is 0.286. The second kappa shape index (κ2) is 5.57. The predicted molar refractivity (Wildman–Crippen MR) is 81.2 cm³/mol. The van der Waals surface area contributed by atoms with Crippen molar-refractivity contribution in [3.8, 4) is 0 Å². The number of hydrogen-bond donors (Lipinski definition) is 2. The van der Waals surface area contributed by atoms with Crippen LogP contribution in [-0.4, -0.2) is 21.0 Å². The Kier molecular flexibility index (Phi) is 3.74.